The zero-order valence-electron chi connectivity index (χ0n) is 29.2. The molecule has 0 heterocycles. The van der Waals surface area contributed by atoms with Gasteiger partial charge in [-0.1, -0.05) is 159 Å². The maximum absolute atomic E-state index is 12.3. The molecule has 0 aromatic rings. The first-order valence-corrected chi connectivity index (χ1v) is 18.9. The second-order valence-electron chi connectivity index (χ2n) is 12.6. The van der Waals surface area contributed by atoms with Crippen LogP contribution >= 0.6 is 0 Å². The van der Waals surface area contributed by atoms with E-state index in [9.17, 15) is 15.0 Å². The van der Waals surface area contributed by atoms with Crippen molar-refractivity contribution >= 4 is 5.91 Å². The number of hydrogen-bond acceptors (Lipinski definition) is 3. The summed E-state index contributed by atoms with van der Waals surface area (Å²) >= 11 is 0. The van der Waals surface area contributed by atoms with Crippen LogP contribution in [0.5, 0.6) is 0 Å². The van der Waals surface area contributed by atoms with Crippen molar-refractivity contribution in [3.8, 4) is 0 Å². The molecule has 0 aliphatic carbocycles. The number of hydrogen-bond donors (Lipinski definition) is 3. The predicted octanol–water partition coefficient (Wildman–Crippen LogP) is 11.2. The third-order valence-electron chi connectivity index (χ3n) is 8.26. The number of unbranched alkanes of at least 4 members (excludes halogenated alkanes) is 20. The normalized spacial score (nSPS) is 13.6. The van der Waals surface area contributed by atoms with E-state index >= 15 is 0 Å². The van der Waals surface area contributed by atoms with Crippen LogP contribution in [-0.4, -0.2) is 34.9 Å². The molecule has 256 valence electrons. The number of carbonyl (C=O) groups excluding carboxylic acids is 1. The van der Waals surface area contributed by atoms with E-state index in [1.54, 1.807) is 6.08 Å². The minimum absolute atomic E-state index is 0.0858. The van der Waals surface area contributed by atoms with E-state index in [-0.39, 0.29) is 12.5 Å². The van der Waals surface area contributed by atoms with Crippen LogP contribution in [0.15, 0.2) is 48.6 Å². The van der Waals surface area contributed by atoms with Gasteiger partial charge in [-0.3, -0.25) is 4.79 Å². The summed E-state index contributed by atoms with van der Waals surface area (Å²) in [4.78, 5) is 12.3. The van der Waals surface area contributed by atoms with Crippen LogP contribution in [0, 0.1) is 0 Å². The number of rotatable bonds is 33. The molecule has 44 heavy (non-hydrogen) atoms. The topological polar surface area (TPSA) is 69.6 Å². The molecular weight excluding hydrogens is 542 g/mol. The lowest BCUT2D eigenvalue weighted by Crippen LogP contribution is -2.45. The van der Waals surface area contributed by atoms with Gasteiger partial charge in [-0.2, -0.15) is 0 Å². The molecule has 0 aromatic carbocycles. The first kappa shape index (κ1) is 42.3. The maximum Gasteiger partial charge on any atom is 0.220 e. The van der Waals surface area contributed by atoms with Crippen LogP contribution in [0.1, 0.15) is 181 Å². The summed E-state index contributed by atoms with van der Waals surface area (Å²) in [6.45, 7) is 4.23. The number of allylic oxidation sites excluding steroid dienone is 7. The van der Waals surface area contributed by atoms with Gasteiger partial charge in [0.2, 0.25) is 5.91 Å². The van der Waals surface area contributed by atoms with Gasteiger partial charge in [-0.15, -0.1) is 0 Å². The third kappa shape index (κ3) is 31.8. The Hall–Kier alpha value is -1.65. The fraction of sp³-hybridized carbons (Fsp3) is 0.775. The summed E-state index contributed by atoms with van der Waals surface area (Å²) in [6.07, 6.45) is 47.7. The van der Waals surface area contributed by atoms with Crippen molar-refractivity contribution in [3.05, 3.63) is 48.6 Å². The molecule has 0 fully saturated rings. The zero-order chi connectivity index (χ0) is 32.2. The highest BCUT2D eigenvalue weighted by molar-refractivity contribution is 5.76. The molecule has 2 unspecified atom stereocenters. The van der Waals surface area contributed by atoms with Crippen LogP contribution in [0.3, 0.4) is 0 Å². The van der Waals surface area contributed by atoms with E-state index in [4.69, 9.17) is 0 Å². The molecule has 2 atom stereocenters. The second-order valence-corrected chi connectivity index (χ2v) is 12.6. The highest BCUT2D eigenvalue weighted by Gasteiger charge is 2.17. The lowest BCUT2D eigenvalue weighted by molar-refractivity contribution is -0.123. The van der Waals surface area contributed by atoms with Gasteiger partial charge in [-0.05, 0) is 64.2 Å². The van der Waals surface area contributed by atoms with E-state index in [0.29, 0.717) is 6.42 Å². The number of nitrogens with one attached hydrogen (secondary N) is 1. The van der Waals surface area contributed by atoms with E-state index in [1.165, 1.54) is 122 Å². The SMILES string of the molecule is CCCC/C=C/CC/C=C/CC/C=C/C(O)C(CO)NC(=O)CCCCCCCCC/C=C\CCCCCCCCCCC. The first-order chi connectivity index (χ1) is 21.7. The van der Waals surface area contributed by atoms with Gasteiger partial charge in [0.25, 0.3) is 0 Å². The van der Waals surface area contributed by atoms with Crippen molar-refractivity contribution in [1.82, 2.24) is 5.32 Å². The number of aliphatic hydroxyl groups excluding tert-OH is 2. The molecule has 0 radical (unpaired) electrons. The van der Waals surface area contributed by atoms with Crippen molar-refractivity contribution in [1.29, 1.82) is 0 Å². The fourth-order valence-corrected chi connectivity index (χ4v) is 5.31. The van der Waals surface area contributed by atoms with Crippen LogP contribution in [0.4, 0.5) is 0 Å². The largest absolute Gasteiger partial charge is 0.394 e. The molecule has 3 N–H and O–H groups in total. The van der Waals surface area contributed by atoms with Crippen molar-refractivity contribution in [2.75, 3.05) is 6.61 Å². The van der Waals surface area contributed by atoms with Crippen LogP contribution in [0.2, 0.25) is 0 Å². The van der Waals surface area contributed by atoms with Gasteiger partial charge >= 0.3 is 0 Å². The molecule has 0 aliphatic rings. The van der Waals surface area contributed by atoms with Crippen molar-refractivity contribution < 1.29 is 15.0 Å². The van der Waals surface area contributed by atoms with Gasteiger partial charge < -0.3 is 15.5 Å². The van der Waals surface area contributed by atoms with Crippen molar-refractivity contribution in [3.63, 3.8) is 0 Å². The van der Waals surface area contributed by atoms with Crippen LogP contribution in [0.25, 0.3) is 0 Å². The quantitative estimate of drug-likeness (QED) is 0.0508. The molecular formula is C40H73NO3. The summed E-state index contributed by atoms with van der Waals surface area (Å²) in [7, 11) is 0. The van der Waals surface area contributed by atoms with E-state index in [0.717, 1.165) is 38.5 Å². The molecule has 1 amide bonds. The summed E-state index contributed by atoms with van der Waals surface area (Å²) in [5.41, 5.74) is 0. The monoisotopic (exact) mass is 616 g/mol. The average molecular weight is 616 g/mol. The van der Waals surface area contributed by atoms with Gasteiger partial charge in [-0.25, -0.2) is 0 Å². The molecule has 0 aliphatic heterocycles. The fourth-order valence-electron chi connectivity index (χ4n) is 5.31. The molecule has 4 nitrogen and oxygen atoms in total. The van der Waals surface area contributed by atoms with Crippen molar-refractivity contribution in [2.24, 2.45) is 0 Å². The van der Waals surface area contributed by atoms with Crippen LogP contribution in [-0.2, 0) is 4.79 Å². The average Bonchev–Trinajstić information content (AvgIpc) is 3.03. The Morgan fingerprint density at radius 3 is 1.39 bits per heavy atom. The minimum Gasteiger partial charge on any atom is -0.394 e. The van der Waals surface area contributed by atoms with E-state index < -0.39 is 12.1 Å². The van der Waals surface area contributed by atoms with Crippen LogP contribution < -0.4 is 5.32 Å². The lowest BCUT2D eigenvalue weighted by atomic mass is 10.1. The Balaban J connectivity index is 3.65. The molecule has 0 saturated heterocycles. The molecule has 0 saturated carbocycles. The van der Waals surface area contributed by atoms with Gasteiger partial charge in [0.05, 0.1) is 18.8 Å². The lowest BCUT2D eigenvalue weighted by Gasteiger charge is -2.19. The number of amides is 1. The second kappa shape index (κ2) is 35.8. The number of aliphatic hydroxyl groups is 2. The van der Waals surface area contributed by atoms with Crippen molar-refractivity contribution in [2.45, 2.75) is 193 Å². The highest BCUT2D eigenvalue weighted by atomic mass is 16.3. The Bertz CT molecular complexity index is 711. The Kier molecular flexibility index (Phi) is 34.5. The van der Waals surface area contributed by atoms with E-state index in [1.807, 2.05) is 6.08 Å². The maximum atomic E-state index is 12.3. The smallest absolute Gasteiger partial charge is 0.220 e. The Morgan fingerprint density at radius 2 is 0.909 bits per heavy atom. The Labute approximate surface area is 274 Å². The summed E-state index contributed by atoms with van der Waals surface area (Å²) in [5.74, 6) is -0.0858. The van der Waals surface area contributed by atoms with Gasteiger partial charge in [0.1, 0.15) is 0 Å². The predicted molar refractivity (Wildman–Crippen MR) is 193 cm³/mol. The molecule has 4 heteroatoms. The first-order valence-electron chi connectivity index (χ1n) is 18.9. The summed E-state index contributed by atoms with van der Waals surface area (Å²) in [6, 6.07) is -0.645. The highest BCUT2D eigenvalue weighted by Crippen LogP contribution is 2.13. The molecule has 0 spiro atoms. The molecule has 0 bridgehead atoms. The summed E-state index contributed by atoms with van der Waals surface area (Å²) in [5, 5.41) is 22.8. The molecule has 0 rings (SSSR count). The Morgan fingerprint density at radius 1 is 0.523 bits per heavy atom. The summed E-state index contributed by atoms with van der Waals surface area (Å²) < 4.78 is 0. The minimum atomic E-state index is -0.870. The number of carbonyl (C=O) groups is 1. The van der Waals surface area contributed by atoms with Gasteiger partial charge in [0.15, 0.2) is 0 Å². The standard InChI is InChI=1S/C40H73NO3/c1-3-5-7-9-11-13-15-17-18-19-20-21-22-23-24-26-28-30-32-34-36-40(44)41-38(37-42)39(43)35-33-31-29-27-25-16-14-12-10-8-6-4-2/h10,12,20-21,25,27,33,35,38-39,42-43H,3-9,11,13-19,22-24,26,28-32,34,36-37H2,1-2H3,(H,41,44)/b12-10+,21-20-,27-25+,35-33+. The van der Waals surface area contributed by atoms with E-state index in [2.05, 4.69) is 55.6 Å². The van der Waals surface area contributed by atoms with Gasteiger partial charge in [0, 0.05) is 6.42 Å². The third-order valence-corrected chi connectivity index (χ3v) is 8.26. The molecule has 0 aromatic heterocycles. The zero-order valence-corrected chi connectivity index (χ0v) is 29.2.